The van der Waals surface area contributed by atoms with Crippen LogP contribution in [0.4, 0.5) is 5.82 Å². The van der Waals surface area contributed by atoms with E-state index >= 15 is 0 Å². The number of aromatic nitrogens is 1. The van der Waals surface area contributed by atoms with Crippen LogP contribution >= 0.6 is 0 Å². The molecular weight excluding hydrogens is 448 g/mol. The fraction of sp³-hybridized carbons (Fsp3) is 0.538. The van der Waals surface area contributed by atoms with Crippen LogP contribution in [0.3, 0.4) is 0 Å². The molecule has 1 atom stereocenters. The summed E-state index contributed by atoms with van der Waals surface area (Å²) in [6.07, 6.45) is 5.67. The number of ether oxygens (including phenoxy) is 1. The normalized spacial score (nSPS) is 14.4. The van der Waals surface area contributed by atoms with Gasteiger partial charge in [0.15, 0.2) is 5.82 Å². The van der Waals surface area contributed by atoms with Crippen molar-refractivity contribution in [2.24, 2.45) is 0 Å². The maximum Gasteiger partial charge on any atom is 0.247 e. The number of unbranched alkanes of at least 4 members (excludes halogenated alkanes) is 1. The average Bonchev–Trinajstić information content (AvgIpc) is 3.51. The Morgan fingerprint density at radius 3 is 2.49 bits per heavy atom. The van der Waals surface area contributed by atoms with Gasteiger partial charge in [0.05, 0.1) is 7.11 Å². The molecule has 3 amide bonds. The van der Waals surface area contributed by atoms with E-state index in [1.165, 1.54) is 0 Å². The zero-order valence-electron chi connectivity index (χ0n) is 20.8. The molecule has 1 aliphatic carbocycles. The second-order valence-corrected chi connectivity index (χ2v) is 8.98. The van der Waals surface area contributed by atoms with E-state index in [0.29, 0.717) is 29.4 Å². The van der Waals surface area contributed by atoms with Gasteiger partial charge >= 0.3 is 0 Å². The molecule has 3 rings (SSSR count). The summed E-state index contributed by atoms with van der Waals surface area (Å²) in [4.78, 5) is 40.9. The highest BCUT2D eigenvalue weighted by Crippen LogP contribution is 2.27. The molecule has 1 aliphatic rings. The third-order valence-electron chi connectivity index (χ3n) is 6.23. The standard InChI is InChI=1S/C26H36N4O5/c1-4-5-16-30(24(32)15-14-23(31)28-22-17-18(2)35-29-22)25(19-10-12-21(34-3)13-11-19)26(33)27-20-8-6-7-9-20/h10-13,17,20,25H,4-9,14-16H2,1-3H3,(H,27,33)(H,28,29,31)/t25-/m1/s1. The summed E-state index contributed by atoms with van der Waals surface area (Å²) in [7, 11) is 1.59. The second-order valence-electron chi connectivity index (χ2n) is 8.98. The summed E-state index contributed by atoms with van der Waals surface area (Å²) < 4.78 is 10.2. The van der Waals surface area contributed by atoms with Crippen LogP contribution in [0.15, 0.2) is 34.9 Å². The van der Waals surface area contributed by atoms with E-state index < -0.39 is 6.04 Å². The van der Waals surface area contributed by atoms with Gasteiger partial charge in [-0.05, 0) is 43.9 Å². The molecule has 0 radical (unpaired) electrons. The van der Waals surface area contributed by atoms with E-state index in [2.05, 4.69) is 15.8 Å². The molecule has 0 bridgehead atoms. The molecule has 0 unspecified atom stereocenters. The molecule has 1 saturated carbocycles. The molecule has 1 aromatic heterocycles. The first-order chi connectivity index (χ1) is 16.9. The van der Waals surface area contributed by atoms with E-state index in [1.807, 2.05) is 19.1 Å². The molecule has 2 N–H and O–H groups in total. The fourth-order valence-corrected chi connectivity index (χ4v) is 4.33. The molecule has 35 heavy (non-hydrogen) atoms. The van der Waals surface area contributed by atoms with Crippen LogP contribution in [0.25, 0.3) is 0 Å². The molecule has 9 heteroatoms. The fourth-order valence-electron chi connectivity index (χ4n) is 4.33. The smallest absolute Gasteiger partial charge is 0.247 e. The first-order valence-corrected chi connectivity index (χ1v) is 12.4. The summed E-state index contributed by atoms with van der Waals surface area (Å²) in [6.45, 7) is 4.19. The summed E-state index contributed by atoms with van der Waals surface area (Å²) >= 11 is 0. The molecular formula is C26H36N4O5. The van der Waals surface area contributed by atoms with Gasteiger partial charge in [-0.25, -0.2) is 0 Å². The van der Waals surface area contributed by atoms with Crippen LogP contribution < -0.4 is 15.4 Å². The number of amides is 3. The van der Waals surface area contributed by atoms with Gasteiger partial charge in [0.25, 0.3) is 0 Å². The van der Waals surface area contributed by atoms with Crippen molar-refractivity contribution in [3.63, 3.8) is 0 Å². The lowest BCUT2D eigenvalue weighted by Crippen LogP contribution is -2.46. The highest BCUT2D eigenvalue weighted by Gasteiger charge is 2.33. The van der Waals surface area contributed by atoms with Crippen LogP contribution in [0.1, 0.15) is 75.7 Å². The number of rotatable bonds is 12. The minimum absolute atomic E-state index is 0.0181. The largest absolute Gasteiger partial charge is 0.497 e. The van der Waals surface area contributed by atoms with Gasteiger partial charge in [-0.3, -0.25) is 14.4 Å². The summed E-state index contributed by atoms with van der Waals surface area (Å²) in [5, 5.41) is 9.54. The van der Waals surface area contributed by atoms with Crippen molar-refractivity contribution in [2.45, 2.75) is 77.3 Å². The van der Waals surface area contributed by atoms with Crippen LogP contribution in [-0.2, 0) is 14.4 Å². The lowest BCUT2D eigenvalue weighted by Gasteiger charge is -2.32. The van der Waals surface area contributed by atoms with Gasteiger partial charge in [-0.1, -0.05) is 43.5 Å². The first kappa shape index (κ1) is 26.2. The van der Waals surface area contributed by atoms with Gasteiger partial charge in [-0.15, -0.1) is 0 Å². The van der Waals surface area contributed by atoms with Crippen molar-refractivity contribution < 1.29 is 23.6 Å². The Labute approximate surface area is 206 Å². The van der Waals surface area contributed by atoms with E-state index in [9.17, 15) is 14.4 Å². The van der Waals surface area contributed by atoms with Crippen molar-refractivity contribution in [2.75, 3.05) is 19.0 Å². The maximum atomic E-state index is 13.5. The highest BCUT2D eigenvalue weighted by atomic mass is 16.5. The number of aryl methyl sites for hydroxylation is 1. The van der Waals surface area contributed by atoms with Crippen LogP contribution in [0.5, 0.6) is 5.75 Å². The zero-order chi connectivity index (χ0) is 25.2. The average molecular weight is 485 g/mol. The Morgan fingerprint density at radius 2 is 1.89 bits per heavy atom. The Hall–Kier alpha value is -3.36. The van der Waals surface area contributed by atoms with Gasteiger partial charge in [0.1, 0.15) is 17.6 Å². The lowest BCUT2D eigenvalue weighted by molar-refractivity contribution is -0.141. The van der Waals surface area contributed by atoms with Gasteiger partial charge in [-0.2, -0.15) is 0 Å². The van der Waals surface area contributed by atoms with Gasteiger partial charge in [0.2, 0.25) is 17.7 Å². The predicted molar refractivity (Wildman–Crippen MR) is 132 cm³/mol. The first-order valence-electron chi connectivity index (χ1n) is 12.4. The topological polar surface area (TPSA) is 114 Å². The minimum Gasteiger partial charge on any atom is -0.497 e. The van der Waals surface area contributed by atoms with Crippen molar-refractivity contribution in [1.82, 2.24) is 15.4 Å². The highest BCUT2D eigenvalue weighted by molar-refractivity contribution is 5.94. The third-order valence-corrected chi connectivity index (χ3v) is 6.23. The summed E-state index contributed by atoms with van der Waals surface area (Å²) in [6, 6.07) is 8.19. The molecule has 0 saturated heterocycles. The lowest BCUT2D eigenvalue weighted by atomic mass is 10.0. The minimum atomic E-state index is -0.776. The maximum absolute atomic E-state index is 13.5. The predicted octanol–water partition coefficient (Wildman–Crippen LogP) is 4.14. The number of benzene rings is 1. The Morgan fingerprint density at radius 1 is 1.17 bits per heavy atom. The van der Waals surface area contributed by atoms with E-state index in [4.69, 9.17) is 9.26 Å². The van der Waals surface area contributed by atoms with Crippen LogP contribution in [0, 0.1) is 6.92 Å². The number of carbonyl (C=O) groups is 3. The Balaban J connectivity index is 1.77. The number of nitrogens with zero attached hydrogens (tertiary/aromatic N) is 2. The number of hydrogen-bond donors (Lipinski definition) is 2. The molecule has 9 nitrogen and oxygen atoms in total. The number of methoxy groups -OCH3 is 1. The van der Waals surface area contributed by atoms with E-state index in [0.717, 1.165) is 38.5 Å². The second kappa shape index (κ2) is 12.9. The molecule has 0 spiro atoms. The molecule has 2 aromatic rings. The SMILES string of the molecule is CCCCN(C(=O)CCC(=O)Nc1cc(C)on1)[C@@H](C(=O)NC1CCCC1)c1ccc(OC)cc1. The molecule has 1 aromatic carbocycles. The number of carbonyl (C=O) groups excluding carboxylic acids is 3. The quantitative estimate of drug-likeness (QED) is 0.468. The number of hydrogen-bond acceptors (Lipinski definition) is 6. The zero-order valence-corrected chi connectivity index (χ0v) is 20.8. The summed E-state index contributed by atoms with van der Waals surface area (Å²) in [5.74, 6) is 0.808. The van der Waals surface area contributed by atoms with Crippen molar-refractivity contribution in [3.05, 3.63) is 41.7 Å². The van der Waals surface area contributed by atoms with Crippen molar-refractivity contribution in [1.29, 1.82) is 0 Å². The van der Waals surface area contributed by atoms with Crippen LogP contribution in [0.2, 0.25) is 0 Å². The van der Waals surface area contributed by atoms with Gasteiger partial charge < -0.3 is 24.8 Å². The molecule has 0 aliphatic heterocycles. The monoisotopic (exact) mass is 484 g/mol. The van der Waals surface area contributed by atoms with Crippen molar-refractivity contribution >= 4 is 23.5 Å². The molecule has 190 valence electrons. The number of anilines is 1. The Bertz CT molecular complexity index is 982. The van der Waals surface area contributed by atoms with E-state index in [-0.39, 0.29) is 36.6 Å². The van der Waals surface area contributed by atoms with Gasteiger partial charge in [0, 0.05) is 31.5 Å². The molecule has 1 heterocycles. The Kier molecular flexibility index (Phi) is 9.69. The number of nitrogens with one attached hydrogen (secondary N) is 2. The summed E-state index contributed by atoms with van der Waals surface area (Å²) in [5.41, 5.74) is 0.716. The molecule has 1 fully saturated rings. The van der Waals surface area contributed by atoms with Crippen LogP contribution in [-0.4, -0.2) is 47.5 Å². The van der Waals surface area contributed by atoms with E-state index in [1.54, 1.807) is 37.1 Å². The third kappa shape index (κ3) is 7.56. The van der Waals surface area contributed by atoms with Crippen molar-refractivity contribution in [3.8, 4) is 5.75 Å².